The van der Waals surface area contributed by atoms with Crippen molar-refractivity contribution in [3.05, 3.63) is 52.8 Å². The van der Waals surface area contributed by atoms with Crippen LogP contribution < -0.4 is 20.7 Å². The van der Waals surface area contributed by atoms with Gasteiger partial charge in [-0.25, -0.2) is 17.4 Å². The van der Waals surface area contributed by atoms with Gasteiger partial charge < -0.3 is 30.0 Å². The average molecular weight is 488 g/mol. The highest BCUT2D eigenvalue weighted by atomic mass is 32.2. The molecule has 0 aliphatic carbocycles. The van der Waals surface area contributed by atoms with Crippen LogP contribution in [0, 0.1) is 17.5 Å². The number of aromatic nitrogens is 1. The maximum absolute atomic E-state index is 15.0. The Morgan fingerprint density at radius 2 is 2.00 bits per heavy atom. The molecular formula is C20H24F3N5O4S. The summed E-state index contributed by atoms with van der Waals surface area (Å²) in [6, 6.07) is 4.37. The van der Waals surface area contributed by atoms with Crippen LogP contribution in [0.25, 0.3) is 0 Å². The first kappa shape index (κ1) is 24.7. The highest BCUT2D eigenvalue weighted by Crippen LogP contribution is 2.39. The van der Waals surface area contributed by atoms with E-state index < -0.39 is 39.3 Å². The van der Waals surface area contributed by atoms with Crippen molar-refractivity contribution in [1.82, 2.24) is 10.3 Å². The standard InChI is InChI=1S/C20H24F3N5O4S/c1-25-19(24)27-20(12-6-14(22)15(23)7-13(12)21)10-28(8-16(20)33(29)30)17-4-11(9-31-2)5-18(26-17)32-3/h4-7,16H,8-10H2,1-3H3,(H,29,30)(H3,24,25,27). The molecule has 4 N–H and O–H groups in total. The van der Waals surface area contributed by atoms with Gasteiger partial charge in [-0.2, -0.15) is 4.98 Å². The van der Waals surface area contributed by atoms with Crippen molar-refractivity contribution in [3.8, 4) is 5.88 Å². The predicted octanol–water partition coefficient (Wildman–Crippen LogP) is 1.49. The Kier molecular flexibility index (Phi) is 7.44. The third-order valence-corrected chi connectivity index (χ3v) is 6.43. The third kappa shape index (κ3) is 4.89. The predicted molar refractivity (Wildman–Crippen MR) is 117 cm³/mol. The van der Waals surface area contributed by atoms with E-state index in [0.717, 1.165) is 0 Å². The van der Waals surface area contributed by atoms with Gasteiger partial charge in [-0.15, -0.1) is 0 Å². The molecule has 1 fully saturated rings. The van der Waals surface area contributed by atoms with Gasteiger partial charge >= 0.3 is 0 Å². The summed E-state index contributed by atoms with van der Waals surface area (Å²) in [6.07, 6.45) is 0. The molecule has 3 atom stereocenters. The van der Waals surface area contributed by atoms with Crippen LogP contribution >= 0.6 is 0 Å². The zero-order valence-corrected chi connectivity index (χ0v) is 19.0. The van der Waals surface area contributed by atoms with Crippen molar-refractivity contribution >= 4 is 22.9 Å². The molecule has 1 aromatic heterocycles. The number of nitrogens with two attached hydrogens (primary N) is 1. The quantitative estimate of drug-likeness (QED) is 0.232. The molecule has 2 heterocycles. The number of hydrogen-bond acceptors (Lipinski definition) is 6. The molecule has 0 spiro atoms. The number of methoxy groups -OCH3 is 2. The fraction of sp³-hybridized carbons (Fsp3) is 0.400. The largest absolute Gasteiger partial charge is 0.481 e. The average Bonchev–Trinajstić information content (AvgIpc) is 3.16. The van der Waals surface area contributed by atoms with Crippen molar-refractivity contribution in [3.63, 3.8) is 0 Å². The Morgan fingerprint density at radius 1 is 1.30 bits per heavy atom. The number of benzene rings is 1. The lowest BCUT2D eigenvalue weighted by molar-refractivity contribution is 0.184. The maximum atomic E-state index is 15.0. The van der Waals surface area contributed by atoms with Gasteiger partial charge in [-0.1, -0.05) is 0 Å². The topological polar surface area (TPSA) is 122 Å². The summed E-state index contributed by atoms with van der Waals surface area (Å²) >= 11 is -2.54. The zero-order valence-electron chi connectivity index (χ0n) is 18.1. The van der Waals surface area contributed by atoms with E-state index in [-0.39, 0.29) is 37.1 Å². The van der Waals surface area contributed by atoms with Crippen LogP contribution in [0.1, 0.15) is 11.1 Å². The van der Waals surface area contributed by atoms with Gasteiger partial charge in [0, 0.05) is 44.9 Å². The molecule has 180 valence electrons. The number of ether oxygens (including phenoxy) is 2. The van der Waals surface area contributed by atoms with Crippen molar-refractivity contribution in [2.45, 2.75) is 17.4 Å². The first-order valence-electron chi connectivity index (χ1n) is 9.69. The van der Waals surface area contributed by atoms with Crippen LogP contribution in [0.15, 0.2) is 29.3 Å². The lowest BCUT2D eigenvalue weighted by Gasteiger charge is -2.35. The number of anilines is 1. The molecule has 2 aromatic rings. The van der Waals surface area contributed by atoms with Crippen LogP contribution in [-0.2, 0) is 28.0 Å². The molecule has 1 aliphatic rings. The third-order valence-electron chi connectivity index (χ3n) is 5.39. The second kappa shape index (κ2) is 9.93. The molecule has 0 radical (unpaired) electrons. The molecule has 1 aromatic carbocycles. The summed E-state index contributed by atoms with van der Waals surface area (Å²) in [5.41, 5.74) is 4.44. The first-order valence-corrected chi connectivity index (χ1v) is 10.9. The van der Waals surface area contributed by atoms with Gasteiger partial charge in [0.1, 0.15) is 22.4 Å². The molecule has 9 nitrogen and oxygen atoms in total. The Morgan fingerprint density at radius 3 is 2.61 bits per heavy atom. The number of nitrogens with one attached hydrogen (secondary N) is 1. The molecular weight excluding hydrogens is 463 g/mol. The highest BCUT2D eigenvalue weighted by molar-refractivity contribution is 7.80. The summed E-state index contributed by atoms with van der Waals surface area (Å²) in [5.74, 6) is -3.40. The molecule has 0 bridgehead atoms. The molecule has 1 aliphatic heterocycles. The Labute approximate surface area is 191 Å². The number of pyridine rings is 1. The van der Waals surface area contributed by atoms with Crippen molar-refractivity contribution in [2.75, 3.05) is 39.3 Å². The van der Waals surface area contributed by atoms with Crippen molar-refractivity contribution < 1.29 is 31.4 Å². The van der Waals surface area contributed by atoms with Crippen LogP contribution in [-0.4, -0.2) is 59.3 Å². The lowest BCUT2D eigenvalue weighted by Crippen LogP contribution is -2.57. The van der Waals surface area contributed by atoms with Gasteiger partial charge in [-0.3, -0.25) is 4.99 Å². The van der Waals surface area contributed by atoms with E-state index in [1.807, 2.05) is 0 Å². The monoisotopic (exact) mass is 487 g/mol. The van der Waals surface area contributed by atoms with Crippen LogP contribution in [0.4, 0.5) is 19.0 Å². The Bertz CT molecular complexity index is 1090. The number of aliphatic imine (C=N–C) groups is 1. The summed E-state index contributed by atoms with van der Waals surface area (Å²) in [4.78, 5) is 9.76. The normalized spacial score (nSPS) is 21.8. The van der Waals surface area contributed by atoms with Gasteiger partial charge in [0.2, 0.25) is 5.88 Å². The van der Waals surface area contributed by atoms with Gasteiger partial charge in [0.25, 0.3) is 0 Å². The number of hydrogen-bond donors (Lipinski definition) is 3. The smallest absolute Gasteiger partial charge is 0.215 e. The minimum atomic E-state index is -2.54. The van der Waals surface area contributed by atoms with E-state index >= 15 is 0 Å². The number of halogens is 3. The number of rotatable bonds is 7. The van der Waals surface area contributed by atoms with Crippen molar-refractivity contribution in [1.29, 1.82) is 0 Å². The van der Waals surface area contributed by atoms with E-state index in [1.54, 1.807) is 17.0 Å². The minimum absolute atomic E-state index is 0.0991. The zero-order chi connectivity index (χ0) is 24.3. The fourth-order valence-electron chi connectivity index (χ4n) is 3.89. The number of guanidine groups is 1. The molecule has 1 saturated heterocycles. The molecule has 0 saturated carbocycles. The van der Waals surface area contributed by atoms with Gasteiger partial charge in [0.15, 0.2) is 28.7 Å². The molecule has 13 heteroatoms. The van der Waals surface area contributed by atoms with Gasteiger partial charge in [0.05, 0.1) is 13.7 Å². The van der Waals surface area contributed by atoms with Crippen LogP contribution in [0.2, 0.25) is 0 Å². The van der Waals surface area contributed by atoms with Crippen LogP contribution in [0.3, 0.4) is 0 Å². The fourth-order valence-corrected chi connectivity index (χ4v) is 4.80. The summed E-state index contributed by atoms with van der Waals surface area (Å²) < 4.78 is 75.7. The second-order valence-corrected chi connectivity index (χ2v) is 8.53. The van der Waals surface area contributed by atoms with Crippen molar-refractivity contribution in [2.24, 2.45) is 10.7 Å². The first-order chi connectivity index (χ1) is 15.6. The molecule has 3 unspecified atom stereocenters. The van der Waals surface area contributed by atoms with Gasteiger partial charge in [-0.05, 0) is 17.7 Å². The minimum Gasteiger partial charge on any atom is -0.481 e. The summed E-state index contributed by atoms with van der Waals surface area (Å²) in [6.45, 7) is -0.0292. The summed E-state index contributed by atoms with van der Waals surface area (Å²) in [5, 5.41) is 1.54. The maximum Gasteiger partial charge on any atom is 0.215 e. The van der Waals surface area contributed by atoms with Crippen LogP contribution in [0.5, 0.6) is 5.88 Å². The second-order valence-electron chi connectivity index (χ2n) is 7.41. The van der Waals surface area contributed by atoms with E-state index in [2.05, 4.69) is 15.3 Å². The SMILES string of the molecule is CN=C(N)NC1(c2cc(F)c(F)cc2F)CN(c2cc(COC)cc(OC)n2)CC1S(=O)O. The molecule has 3 rings (SSSR count). The van der Waals surface area contributed by atoms with E-state index in [4.69, 9.17) is 15.2 Å². The highest BCUT2D eigenvalue weighted by Gasteiger charge is 2.53. The lowest BCUT2D eigenvalue weighted by atomic mass is 9.87. The Hall–Kier alpha value is -2.90. The van der Waals surface area contributed by atoms with E-state index in [0.29, 0.717) is 23.5 Å². The Balaban J connectivity index is 2.19. The van der Waals surface area contributed by atoms with E-state index in [1.165, 1.54) is 21.3 Å². The van der Waals surface area contributed by atoms with E-state index in [9.17, 15) is 21.9 Å². The number of nitrogens with zero attached hydrogens (tertiary/aromatic N) is 3. The molecule has 0 amide bonds. The molecule has 33 heavy (non-hydrogen) atoms. The summed E-state index contributed by atoms with van der Waals surface area (Å²) in [7, 11) is 4.30.